The van der Waals surface area contributed by atoms with Crippen molar-refractivity contribution in [3.05, 3.63) is 90.0 Å². The Balaban J connectivity index is 1.51. The zero-order chi connectivity index (χ0) is 25.2. The highest BCUT2D eigenvalue weighted by Gasteiger charge is 2.60. The molecule has 8 nitrogen and oxygen atoms in total. The number of rotatable bonds is 8. The number of hydroxylamine groups is 1. The lowest BCUT2D eigenvalue weighted by Gasteiger charge is -2.29. The quantitative estimate of drug-likeness (QED) is 0.367. The van der Waals surface area contributed by atoms with Crippen LogP contribution in [0.2, 0.25) is 0 Å². The molecule has 0 radical (unpaired) electrons. The molecule has 3 atom stereocenters. The van der Waals surface area contributed by atoms with Crippen LogP contribution in [-0.4, -0.2) is 35.6 Å². The Bertz CT molecular complexity index is 1280. The molecule has 0 aromatic heterocycles. The molecule has 2 fully saturated rings. The summed E-state index contributed by atoms with van der Waals surface area (Å²) in [5, 5.41) is 11.3. The highest BCUT2D eigenvalue weighted by atomic mass is 16.7. The number of carboxylic acids is 1. The fraction of sp³-hybridized carbons (Fsp3) is 0.250. The van der Waals surface area contributed by atoms with Gasteiger partial charge in [0.2, 0.25) is 5.91 Å². The highest BCUT2D eigenvalue weighted by Crippen LogP contribution is 2.48. The maximum absolute atomic E-state index is 13.8. The van der Waals surface area contributed by atoms with E-state index >= 15 is 0 Å². The molecular formula is C28H26N2O6. The Morgan fingerprint density at radius 3 is 2.31 bits per heavy atom. The van der Waals surface area contributed by atoms with Crippen molar-refractivity contribution in [1.82, 2.24) is 0 Å². The Hall–Kier alpha value is -4.17. The molecule has 8 heteroatoms. The summed E-state index contributed by atoms with van der Waals surface area (Å²) < 4.78 is 5.69. The first kappa shape index (κ1) is 23.6. The van der Waals surface area contributed by atoms with E-state index in [0.717, 1.165) is 17.7 Å². The van der Waals surface area contributed by atoms with Crippen LogP contribution < -0.4 is 14.7 Å². The summed E-state index contributed by atoms with van der Waals surface area (Å²) in [4.78, 5) is 46.5. The van der Waals surface area contributed by atoms with Crippen LogP contribution in [0.4, 0.5) is 11.4 Å². The predicted octanol–water partition coefficient (Wildman–Crippen LogP) is 4.61. The van der Waals surface area contributed by atoms with E-state index in [1.54, 1.807) is 54.6 Å². The summed E-state index contributed by atoms with van der Waals surface area (Å²) in [6.07, 6.45) is 0.872. The van der Waals surface area contributed by atoms with Crippen molar-refractivity contribution in [3.8, 4) is 5.75 Å². The van der Waals surface area contributed by atoms with Crippen molar-refractivity contribution in [1.29, 1.82) is 0 Å². The number of anilines is 2. The molecule has 3 aromatic carbocycles. The SMILES string of the molecule is CCCCOc1ccc(N2C(=O)[C@H]3[C@@H](c4ccccc4C(=O)O)N(c4ccccc4)O[C@H]3C2=O)cc1. The van der Waals surface area contributed by atoms with Crippen LogP contribution in [0, 0.1) is 5.92 Å². The maximum atomic E-state index is 13.8. The minimum absolute atomic E-state index is 0.0555. The first-order chi connectivity index (χ1) is 17.5. The number of hydrogen-bond donors (Lipinski definition) is 1. The lowest BCUT2D eigenvalue weighted by Crippen LogP contribution is -2.37. The first-order valence-corrected chi connectivity index (χ1v) is 11.9. The van der Waals surface area contributed by atoms with E-state index in [4.69, 9.17) is 9.57 Å². The first-order valence-electron chi connectivity index (χ1n) is 11.9. The third kappa shape index (κ3) is 4.09. The molecule has 5 rings (SSSR count). The van der Waals surface area contributed by atoms with Crippen molar-refractivity contribution in [2.45, 2.75) is 31.9 Å². The second-order valence-electron chi connectivity index (χ2n) is 8.76. The van der Waals surface area contributed by atoms with Gasteiger partial charge in [-0.05, 0) is 54.4 Å². The van der Waals surface area contributed by atoms with Gasteiger partial charge in [0, 0.05) is 0 Å². The lowest BCUT2D eigenvalue weighted by molar-refractivity contribution is -0.126. The van der Waals surface area contributed by atoms with Crippen molar-refractivity contribution in [2.75, 3.05) is 16.6 Å². The molecule has 0 aliphatic carbocycles. The lowest BCUT2D eigenvalue weighted by atomic mass is 9.88. The van der Waals surface area contributed by atoms with Crippen LogP contribution in [-0.2, 0) is 14.4 Å². The van der Waals surface area contributed by atoms with Gasteiger partial charge in [-0.2, -0.15) is 0 Å². The van der Waals surface area contributed by atoms with Crippen LogP contribution in [0.25, 0.3) is 0 Å². The van der Waals surface area contributed by atoms with E-state index in [0.29, 0.717) is 29.3 Å². The van der Waals surface area contributed by atoms with Crippen molar-refractivity contribution >= 4 is 29.2 Å². The normalized spacial score (nSPS) is 21.1. The van der Waals surface area contributed by atoms with Crippen LogP contribution in [0.3, 0.4) is 0 Å². The molecule has 2 amide bonds. The van der Waals surface area contributed by atoms with Crippen molar-refractivity contribution in [3.63, 3.8) is 0 Å². The number of ether oxygens (including phenoxy) is 1. The van der Waals surface area contributed by atoms with E-state index in [1.807, 2.05) is 18.2 Å². The van der Waals surface area contributed by atoms with E-state index in [9.17, 15) is 19.5 Å². The van der Waals surface area contributed by atoms with Crippen LogP contribution in [0.5, 0.6) is 5.75 Å². The van der Waals surface area contributed by atoms with Crippen molar-refractivity contribution in [2.24, 2.45) is 5.92 Å². The Morgan fingerprint density at radius 2 is 1.61 bits per heavy atom. The summed E-state index contributed by atoms with van der Waals surface area (Å²) >= 11 is 0. The van der Waals surface area contributed by atoms with E-state index in [2.05, 4.69) is 6.92 Å². The molecule has 2 aliphatic heterocycles. The number of carboxylic acid groups (broad SMARTS) is 1. The average molecular weight is 487 g/mol. The Labute approximate surface area is 208 Å². The van der Waals surface area contributed by atoms with Gasteiger partial charge in [0.1, 0.15) is 11.7 Å². The second kappa shape index (κ2) is 9.83. The number of nitrogens with zero attached hydrogens (tertiary/aromatic N) is 2. The number of imide groups is 1. The number of benzene rings is 3. The molecule has 0 saturated carbocycles. The smallest absolute Gasteiger partial charge is 0.336 e. The number of aromatic carboxylic acids is 1. The number of fused-ring (bicyclic) bond motifs is 1. The average Bonchev–Trinajstić information content (AvgIpc) is 3.41. The third-order valence-corrected chi connectivity index (χ3v) is 6.50. The summed E-state index contributed by atoms with van der Waals surface area (Å²) in [5.74, 6) is -2.30. The van der Waals surface area contributed by atoms with Gasteiger partial charge in [-0.3, -0.25) is 14.4 Å². The number of amides is 2. The molecular weight excluding hydrogens is 460 g/mol. The molecule has 3 aromatic rings. The van der Waals surface area contributed by atoms with Crippen molar-refractivity contribution < 1.29 is 29.1 Å². The van der Waals surface area contributed by atoms with Gasteiger partial charge in [0.05, 0.1) is 29.6 Å². The molecule has 0 spiro atoms. The third-order valence-electron chi connectivity index (χ3n) is 6.50. The van der Waals surface area contributed by atoms with Crippen LogP contribution >= 0.6 is 0 Å². The van der Waals surface area contributed by atoms with Gasteiger partial charge in [-0.25, -0.2) is 14.8 Å². The number of hydrogen-bond acceptors (Lipinski definition) is 6. The molecule has 2 saturated heterocycles. The van der Waals surface area contributed by atoms with Gasteiger partial charge < -0.3 is 9.84 Å². The minimum atomic E-state index is -1.12. The standard InChI is InChI=1S/C28H26N2O6/c1-2-3-17-35-20-15-13-18(14-16-20)29-26(31)23-24(21-11-7-8-12-22(21)28(33)34)30(36-25(23)27(29)32)19-9-5-4-6-10-19/h4-16,23-25H,2-3,17H2,1H3,(H,33,34)/t23-,24+,25+/m0/s1. The highest BCUT2D eigenvalue weighted by molar-refractivity contribution is 6.24. The number of carbonyl (C=O) groups excluding carboxylic acids is 2. The van der Waals surface area contributed by atoms with Gasteiger partial charge in [-0.15, -0.1) is 0 Å². The van der Waals surface area contributed by atoms with E-state index in [1.165, 1.54) is 11.1 Å². The molecule has 0 bridgehead atoms. The number of para-hydroxylation sites is 1. The van der Waals surface area contributed by atoms with Gasteiger partial charge in [0.15, 0.2) is 6.10 Å². The van der Waals surface area contributed by atoms with Crippen LogP contribution in [0.1, 0.15) is 41.7 Å². The van der Waals surface area contributed by atoms with Gasteiger partial charge in [-0.1, -0.05) is 49.7 Å². The Kier molecular flexibility index (Phi) is 6.43. The zero-order valence-corrected chi connectivity index (χ0v) is 19.7. The zero-order valence-electron chi connectivity index (χ0n) is 19.7. The molecule has 184 valence electrons. The van der Waals surface area contributed by atoms with Crippen LogP contribution in [0.15, 0.2) is 78.9 Å². The van der Waals surface area contributed by atoms with E-state index in [-0.39, 0.29) is 5.56 Å². The second-order valence-corrected chi connectivity index (χ2v) is 8.76. The molecule has 0 unspecified atom stereocenters. The summed E-state index contributed by atoms with van der Waals surface area (Å²) in [6.45, 7) is 2.67. The molecule has 2 aliphatic rings. The fourth-order valence-corrected chi connectivity index (χ4v) is 4.76. The van der Waals surface area contributed by atoms with E-state index < -0.39 is 35.8 Å². The maximum Gasteiger partial charge on any atom is 0.336 e. The topological polar surface area (TPSA) is 96.4 Å². The predicted molar refractivity (Wildman–Crippen MR) is 133 cm³/mol. The minimum Gasteiger partial charge on any atom is -0.494 e. The number of unbranched alkanes of at least 4 members (excludes halogenated alkanes) is 1. The Morgan fingerprint density at radius 1 is 0.917 bits per heavy atom. The fourth-order valence-electron chi connectivity index (χ4n) is 4.76. The monoisotopic (exact) mass is 486 g/mol. The molecule has 36 heavy (non-hydrogen) atoms. The summed E-state index contributed by atoms with van der Waals surface area (Å²) in [6, 6.07) is 21.6. The summed E-state index contributed by atoms with van der Waals surface area (Å²) in [5.41, 5.74) is 1.50. The van der Waals surface area contributed by atoms with Gasteiger partial charge in [0.25, 0.3) is 5.91 Å². The molecule has 1 N–H and O–H groups in total. The summed E-state index contributed by atoms with van der Waals surface area (Å²) in [7, 11) is 0. The largest absolute Gasteiger partial charge is 0.494 e. The molecule has 2 heterocycles. The van der Waals surface area contributed by atoms with Gasteiger partial charge >= 0.3 is 5.97 Å². The number of carbonyl (C=O) groups is 3.